The number of Topliss-reactive ketones (excluding diaryl/α,β-unsaturated/α-hetero) is 2. The van der Waals surface area contributed by atoms with E-state index in [1.165, 1.54) is 44.4 Å². The Balaban J connectivity index is 0.000000198. The van der Waals surface area contributed by atoms with Gasteiger partial charge in [-0.25, -0.2) is 14.4 Å². The second kappa shape index (κ2) is 32.8. The second-order valence-electron chi connectivity index (χ2n) is 23.4. The molecule has 0 aliphatic carbocycles. The average Bonchev–Trinajstić information content (AvgIpc) is 1.75. The Morgan fingerprint density at radius 3 is 1.13 bits per heavy atom. The van der Waals surface area contributed by atoms with Gasteiger partial charge in [-0.15, -0.1) is 0 Å². The van der Waals surface area contributed by atoms with Crippen molar-refractivity contribution in [2.75, 3.05) is 87.4 Å². The highest BCUT2D eigenvalue weighted by Crippen LogP contribution is 2.45. The number of benzene rings is 3. The third kappa shape index (κ3) is 17.2. The molecule has 23 nitrogen and oxygen atoms in total. The van der Waals surface area contributed by atoms with Gasteiger partial charge in [0.25, 0.3) is 0 Å². The molecule has 3 aromatic heterocycles. The van der Waals surface area contributed by atoms with Crippen LogP contribution in [0.25, 0.3) is 33.8 Å². The fourth-order valence-electron chi connectivity index (χ4n) is 10.8. The highest BCUT2D eigenvalue weighted by molar-refractivity contribution is 9.10. The van der Waals surface area contributed by atoms with Crippen molar-refractivity contribution in [3.05, 3.63) is 136 Å². The van der Waals surface area contributed by atoms with E-state index < -0.39 is 28.8 Å². The zero-order valence-corrected chi connectivity index (χ0v) is 56.1. The van der Waals surface area contributed by atoms with Crippen LogP contribution in [0.3, 0.4) is 0 Å². The summed E-state index contributed by atoms with van der Waals surface area (Å²) in [5, 5.41) is 18.8. The maximum Gasteiger partial charge on any atom is 0.343 e. The number of carboxylic acids is 2. The van der Waals surface area contributed by atoms with Crippen molar-refractivity contribution < 1.29 is 81.6 Å². The molecule has 9 rings (SSSR count). The molecule has 3 aliphatic heterocycles. The topological polar surface area (TPSA) is 284 Å². The van der Waals surface area contributed by atoms with Crippen LogP contribution in [0.1, 0.15) is 151 Å². The quantitative estimate of drug-likeness (QED) is 0.0323. The van der Waals surface area contributed by atoms with Crippen LogP contribution >= 0.6 is 15.9 Å². The van der Waals surface area contributed by atoms with Crippen molar-refractivity contribution in [1.82, 2.24) is 13.7 Å². The summed E-state index contributed by atoms with van der Waals surface area (Å²) in [6.07, 6.45) is 6.43. The van der Waals surface area contributed by atoms with Gasteiger partial charge >= 0.3 is 17.9 Å². The molecule has 6 heterocycles. The number of hydrogen-bond acceptors (Lipinski definition) is 18. The Hall–Kier alpha value is -8.58. The number of aromatic carboxylic acids is 2. The van der Waals surface area contributed by atoms with E-state index in [1.54, 1.807) is 67.8 Å². The third-order valence-corrected chi connectivity index (χ3v) is 16.5. The molecule has 0 spiro atoms. The SMILES string of the molecule is CCOC(=O)c1cn2c(cc1=O)-c1cc(Br)c(OCCCOC)cc1OC[C@H]2C(C)C.COCCCOc1cc2c(cc1C(C)=O)-c1cc(=O)c(C(=O)O)cn1[C@H](C(C)C)CO2.COCCCOc1cc2c(cc1C(C)=O)-c1cc(=O)c(C(=O)O)cn1[C@H](C(C)C)CO2. The molecule has 3 aliphatic rings. The number of aromatic nitrogens is 3. The number of carbonyl (C=O) groups excluding carboxylic acids is 3. The first-order valence-electron chi connectivity index (χ1n) is 30.7. The summed E-state index contributed by atoms with van der Waals surface area (Å²) in [6.45, 7) is 20.9. The number of ketones is 2. The number of esters is 1. The van der Waals surface area contributed by atoms with Crippen LogP contribution < -0.4 is 44.7 Å². The molecule has 93 heavy (non-hydrogen) atoms. The number of rotatable bonds is 24. The van der Waals surface area contributed by atoms with Gasteiger partial charge in [0.2, 0.25) is 0 Å². The van der Waals surface area contributed by atoms with E-state index in [-0.39, 0.29) is 89.4 Å². The molecule has 0 unspecified atom stereocenters. The van der Waals surface area contributed by atoms with Gasteiger partial charge in [0.1, 0.15) is 71.0 Å². The number of pyridine rings is 3. The molecule has 0 amide bonds. The lowest BCUT2D eigenvalue weighted by Crippen LogP contribution is -2.26. The van der Waals surface area contributed by atoms with Crippen LogP contribution in [0, 0.1) is 17.8 Å². The normalized spacial score (nSPS) is 14.9. The molecule has 0 radical (unpaired) electrons. The largest absolute Gasteiger partial charge is 0.493 e. The lowest BCUT2D eigenvalue weighted by atomic mass is 10.00. The summed E-state index contributed by atoms with van der Waals surface area (Å²) in [5.41, 5.74) is 2.13. The van der Waals surface area contributed by atoms with Crippen molar-refractivity contribution in [2.45, 2.75) is 99.7 Å². The summed E-state index contributed by atoms with van der Waals surface area (Å²) in [5.74, 6) is -0.0792. The lowest BCUT2D eigenvalue weighted by Gasteiger charge is -2.24. The van der Waals surface area contributed by atoms with Gasteiger partial charge in [-0.2, -0.15) is 0 Å². The number of carbonyl (C=O) groups is 5. The maximum atomic E-state index is 12.8. The summed E-state index contributed by atoms with van der Waals surface area (Å²) in [4.78, 5) is 97.8. The Morgan fingerprint density at radius 2 is 0.806 bits per heavy atom. The molecule has 6 aromatic rings. The number of fused-ring (bicyclic) bond motifs is 9. The van der Waals surface area contributed by atoms with E-state index in [4.69, 9.17) is 47.4 Å². The third-order valence-electron chi connectivity index (χ3n) is 15.8. The van der Waals surface area contributed by atoms with E-state index in [0.717, 1.165) is 16.5 Å². The molecule has 24 heteroatoms. The summed E-state index contributed by atoms with van der Waals surface area (Å²) >= 11 is 3.57. The average molecular weight is 1350 g/mol. The fourth-order valence-corrected chi connectivity index (χ4v) is 11.2. The van der Waals surface area contributed by atoms with E-state index in [2.05, 4.69) is 29.8 Å². The van der Waals surface area contributed by atoms with Crippen LogP contribution in [-0.2, 0) is 18.9 Å². The van der Waals surface area contributed by atoms with Crippen molar-refractivity contribution in [3.63, 3.8) is 0 Å². The van der Waals surface area contributed by atoms with Crippen molar-refractivity contribution in [1.29, 1.82) is 0 Å². The molecule has 0 bridgehead atoms. The summed E-state index contributed by atoms with van der Waals surface area (Å²) < 4.78 is 62.2. The molecular weight excluding hydrogens is 1270 g/mol. The van der Waals surface area contributed by atoms with E-state index in [0.29, 0.717) is 133 Å². The fraction of sp³-hybridized carbons (Fsp3) is 0.449. The lowest BCUT2D eigenvalue weighted by molar-refractivity contribution is 0.0521. The molecule has 3 aromatic carbocycles. The first-order valence-corrected chi connectivity index (χ1v) is 31.5. The molecule has 500 valence electrons. The molecule has 0 saturated heterocycles. The van der Waals surface area contributed by atoms with E-state index in [1.807, 2.05) is 44.4 Å². The van der Waals surface area contributed by atoms with Crippen LogP contribution in [0.15, 0.2) is 92.0 Å². The standard InChI is InChI=1S/C23H28BrNO6.2C23H27NO7/c1-5-29-23(27)16-12-25-18(10-20(16)26)15-9-17(24)22(30-8-6-7-28-4)11-21(15)31-13-19(25)14(2)3;2*1-13(2)19-12-31-22-10-21(30-7-5-6-29-4)15(14(3)25)8-16(22)18-9-20(26)17(23(27)28)11-24(18)19/h9-12,14,19H,5-8,13H2,1-4H3;2*8-11,13,19H,5-7,12H2,1-4H3,(H,27,28)/t3*19-/m000/s1. The second-order valence-corrected chi connectivity index (χ2v) is 24.2. The highest BCUT2D eigenvalue weighted by Gasteiger charge is 2.33. The Labute approximate surface area is 547 Å². The van der Waals surface area contributed by atoms with Gasteiger partial charge < -0.3 is 71.3 Å². The smallest absolute Gasteiger partial charge is 0.343 e. The Kier molecular flexibility index (Phi) is 25.4. The summed E-state index contributed by atoms with van der Waals surface area (Å²) in [7, 11) is 4.87. The van der Waals surface area contributed by atoms with Gasteiger partial charge in [-0.3, -0.25) is 24.0 Å². The molecule has 2 N–H and O–H groups in total. The number of hydrogen-bond donors (Lipinski definition) is 2. The molecule has 3 atom stereocenters. The maximum absolute atomic E-state index is 12.8. The van der Waals surface area contributed by atoms with Gasteiger partial charge in [-0.1, -0.05) is 41.5 Å². The highest BCUT2D eigenvalue weighted by atomic mass is 79.9. The Bertz CT molecular complexity index is 3730. The van der Waals surface area contributed by atoms with Crippen molar-refractivity contribution in [3.8, 4) is 68.3 Å². The minimum atomic E-state index is -1.28. The number of methoxy groups -OCH3 is 3. The van der Waals surface area contributed by atoms with E-state index >= 15 is 0 Å². The number of ether oxygens (including phenoxy) is 10. The van der Waals surface area contributed by atoms with Crippen LogP contribution in [0.5, 0.6) is 34.5 Å². The number of carboxylic acid groups (broad SMARTS) is 2. The first-order chi connectivity index (χ1) is 44.3. The predicted octanol–water partition coefficient (Wildman–Crippen LogP) is 11.3. The van der Waals surface area contributed by atoms with Crippen molar-refractivity contribution >= 4 is 45.4 Å². The summed E-state index contributed by atoms with van der Waals surface area (Å²) in [6, 6.07) is 14.0. The molecule has 0 saturated carbocycles. The van der Waals surface area contributed by atoms with Gasteiger partial charge in [0, 0.05) is 132 Å². The number of nitrogens with zero attached hydrogens (tertiary/aromatic N) is 3. The predicted molar refractivity (Wildman–Crippen MR) is 350 cm³/mol. The Morgan fingerprint density at radius 1 is 0.484 bits per heavy atom. The minimum absolute atomic E-state index is 0.0249. The van der Waals surface area contributed by atoms with Crippen LogP contribution in [0.2, 0.25) is 0 Å². The van der Waals surface area contributed by atoms with Gasteiger partial charge in [0.05, 0.1) is 77.2 Å². The van der Waals surface area contributed by atoms with Crippen molar-refractivity contribution in [2.24, 2.45) is 17.8 Å². The molecule has 0 fully saturated rings. The minimum Gasteiger partial charge on any atom is -0.493 e. The van der Waals surface area contributed by atoms with E-state index in [9.17, 15) is 48.6 Å². The van der Waals surface area contributed by atoms with Gasteiger partial charge in [0.15, 0.2) is 27.9 Å². The zero-order valence-electron chi connectivity index (χ0n) is 54.5. The van der Waals surface area contributed by atoms with Crippen LogP contribution in [-0.4, -0.2) is 141 Å². The monoisotopic (exact) mass is 1350 g/mol. The first kappa shape index (κ1) is 71.9. The van der Waals surface area contributed by atoms with Crippen LogP contribution in [0.4, 0.5) is 0 Å². The zero-order chi connectivity index (χ0) is 68.0. The van der Waals surface area contributed by atoms with Gasteiger partial charge in [-0.05, 0) is 72.7 Å². The molecular formula is C69H82BrN3O20. The number of halogens is 1.